The Balaban J connectivity index is 2.15. The van der Waals surface area contributed by atoms with Gasteiger partial charge in [-0.25, -0.2) is 23.5 Å². The highest BCUT2D eigenvalue weighted by Crippen LogP contribution is 2.24. The molecule has 21 heavy (non-hydrogen) atoms. The minimum atomic E-state index is -1.21. The van der Waals surface area contributed by atoms with E-state index in [1.165, 1.54) is 12.4 Å². The molecule has 108 valence electrons. The van der Waals surface area contributed by atoms with Crippen LogP contribution < -0.4 is 4.74 Å². The maximum atomic E-state index is 13.8. The van der Waals surface area contributed by atoms with Crippen LogP contribution >= 0.6 is 0 Å². The largest absolute Gasteiger partial charge is 0.479 e. The van der Waals surface area contributed by atoms with Crippen LogP contribution in [0.3, 0.4) is 0 Å². The Labute approximate surface area is 118 Å². The molecule has 2 rings (SSSR count). The molecule has 5 nitrogen and oxygen atoms in total. The van der Waals surface area contributed by atoms with Crippen LogP contribution in [0.15, 0.2) is 36.7 Å². The van der Waals surface area contributed by atoms with Crippen LogP contribution in [-0.2, 0) is 11.4 Å². The van der Waals surface area contributed by atoms with E-state index in [1.807, 2.05) is 0 Å². The fourth-order valence-corrected chi connectivity index (χ4v) is 1.52. The molecule has 0 atom stereocenters. The van der Waals surface area contributed by atoms with Crippen molar-refractivity contribution in [1.29, 1.82) is 0 Å². The summed E-state index contributed by atoms with van der Waals surface area (Å²) >= 11 is 0. The van der Waals surface area contributed by atoms with Crippen molar-refractivity contribution < 1.29 is 23.4 Å². The van der Waals surface area contributed by atoms with Gasteiger partial charge < -0.3 is 9.84 Å². The second-order valence-corrected chi connectivity index (χ2v) is 3.94. The Kier molecular flexibility index (Phi) is 4.55. The van der Waals surface area contributed by atoms with Crippen LogP contribution in [0.25, 0.3) is 6.08 Å². The second-order valence-electron chi connectivity index (χ2n) is 3.94. The van der Waals surface area contributed by atoms with E-state index in [4.69, 9.17) is 9.84 Å². The van der Waals surface area contributed by atoms with Gasteiger partial charge in [0.25, 0.3) is 0 Å². The van der Waals surface area contributed by atoms with Gasteiger partial charge in [-0.2, -0.15) is 0 Å². The number of benzene rings is 1. The SMILES string of the molecule is O=C(O)C=Cc1cc(F)c(OCc2ncccn2)c(F)c1. The summed E-state index contributed by atoms with van der Waals surface area (Å²) < 4.78 is 32.5. The van der Waals surface area contributed by atoms with Gasteiger partial charge in [0.1, 0.15) is 6.61 Å². The predicted molar refractivity (Wildman–Crippen MR) is 69.4 cm³/mol. The van der Waals surface area contributed by atoms with Gasteiger partial charge >= 0.3 is 5.97 Å². The first kappa shape index (κ1) is 14.6. The fraction of sp³-hybridized carbons (Fsp3) is 0.0714. The molecule has 1 heterocycles. The average molecular weight is 292 g/mol. The first-order valence-electron chi connectivity index (χ1n) is 5.85. The molecule has 0 fully saturated rings. The van der Waals surface area contributed by atoms with Crippen LogP contribution in [0, 0.1) is 11.6 Å². The van der Waals surface area contributed by atoms with Crippen LogP contribution in [0.4, 0.5) is 8.78 Å². The van der Waals surface area contributed by atoms with Gasteiger partial charge in [0.2, 0.25) is 0 Å². The number of hydrogen-bond donors (Lipinski definition) is 1. The smallest absolute Gasteiger partial charge is 0.328 e. The van der Waals surface area contributed by atoms with E-state index in [0.717, 1.165) is 24.3 Å². The van der Waals surface area contributed by atoms with Crippen molar-refractivity contribution >= 4 is 12.0 Å². The lowest BCUT2D eigenvalue weighted by Gasteiger charge is -2.08. The van der Waals surface area contributed by atoms with E-state index in [2.05, 4.69) is 9.97 Å². The third kappa shape index (κ3) is 4.07. The van der Waals surface area contributed by atoms with Crippen molar-refractivity contribution in [1.82, 2.24) is 9.97 Å². The molecular formula is C14H10F2N2O3. The zero-order chi connectivity index (χ0) is 15.2. The van der Waals surface area contributed by atoms with Gasteiger partial charge in [-0.15, -0.1) is 0 Å². The second kappa shape index (κ2) is 6.56. The van der Waals surface area contributed by atoms with Crippen molar-refractivity contribution in [3.8, 4) is 5.75 Å². The number of carboxylic acids is 1. The Morgan fingerprint density at radius 3 is 2.43 bits per heavy atom. The molecule has 0 spiro atoms. The summed E-state index contributed by atoms with van der Waals surface area (Å²) in [5, 5.41) is 8.47. The molecule has 0 saturated heterocycles. The van der Waals surface area contributed by atoms with Crippen molar-refractivity contribution in [2.75, 3.05) is 0 Å². The van der Waals surface area contributed by atoms with E-state index in [9.17, 15) is 13.6 Å². The molecule has 0 aliphatic rings. The lowest BCUT2D eigenvalue weighted by atomic mass is 10.2. The summed E-state index contributed by atoms with van der Waals surface area (Å²) in [5.74, 6) is -3.36. The maximum Gasteiger partial charge on any atom is 0.328 e. The van der Waals surface area contributed by atoms with Gasteiger partial charge in [-0.05, 0) is 29.8 Å². The summed E-state index contributed by atoms with van der Waals surface area (Å²) in [6.45, 7) is -0.182. The first-order valence-corrected chi connectivity index (χ1v) is 5.85. The number of aliphatic carboxylic acids is 1. The molecule has 1 N–H and O–H groups in total. The molecule has 1 aromatic heterocycles. The van der Waals surface area contributed by atoms with Gasteiger partial charge in [0.15, 0.2) is 23.2 Å². The standard InChI is InChI=1S/C14H10F2N2O3/c15-10-6-9(2-3-13(19)20)7-11(16)14(10)21-8-12-17-4-1-5-18-12/h1-7H,8H2,(H,19,20). The third-order valence-electron chi connectivity index (χ3n) is 2.40. The Morgan fingerprint density at radius 2 is 1.86 bits per heavy atom. The number of hydrogen-bond acceptors (Lipinski definition) is 4. The minimum Gasteiger partial charge on any atom is -0.479 e. The number of carbonyl (C=O) groups is 1. The Morgan fingerprint density at radius 1 is 1.24 bits per heavy atom. The summed E-state index contributed by atoms with van der Waals surface area (Å²) in [7, 11) is 0. The highest BCUT2D eigenvalue weighted by molar-refractivity contribution is 5.85. The van der Waals surface area contributed by atoms with Crippen molar-refractivity contribution in [3.05, 3.63) is 59.7 Å². The Hall–Kier alpha value is -2.83. The molecule has 7 heteroatoms. The number of carboxylic acid groups (broad SMARTS) is 1. The van der Waals surface area contributed by atoms with Crippen molar-refractivity contribution in [3.63, 3.8) is 0 Å². The highest BCUT2D eigenvalue weighted by atomic mass is 19.1. The van der Waals surface area contributed by atoms with E-state index in [-0.39, 0.29) is 18.0 Å². The summed E-state index contributed by atoms with van der Waals surface area (Å²) in [6.07, 6.45) is 4.83. The molecular weight excluding hydrogens is 282 g/mol. The third-order valence-corrected chi connectivity index (χ3v) is 2.40. The molecule has 0 saturated carbocycles. The summed E-state index contributed by atoms with van der Waals surface area (Å²) in [4.78, 5) is 18.1. The molecule has 1 aromatic carbocycles. The van der Waals surface area contributed by atoms with E-state index in [0.29, 0.717) is 0 Å². The number of ether oxygens (including phenoxy) is 1. The van der Waals surface area contributed by atoms with E-state index >= 15 is 0 Å². The van der Waals surface area contributed by atoms with E-state index in [1.54, 1.807) is 6.07 Å². The maximum absolute atomic E-state index is 13.8. The van der Waals surface area contributed by atoms with Crippen LogP contribution in [-0.4, -0.2) is 21.0 Å². The number of halogens is 2. The van der Waals surface area contributed by atoms with Gasteiger partial charge in [0.05, 0.1) is 0 Å². The molecule has 0 unspecified atom stereocenters. The zero-order valence-electron chi connectivity index (χ0n) is 10.7. The van der Waals surface area contributed by atoms with Crippen LogP contribution in [0.5, 0.6) is 5.75 Å². The quantitative estimate of drug-likeness (QED) is 0.857. The van der Waals surface area contributed by atoms with Crippen LogP contribution in [0.2, 0.25) is 0 Å². The lowest BCUT2D eigenvalue weighted by Crippen LogP contribution is -2.03. The molecule has 0 bridgehead atoms. The van der Waals surface area contributed by atoms with Crippen LogP contribution in [0.1, 0.15) is 11.4 Å². The fourth-order valence-electron chi connectivity index (χ4n) is 1.52. The zero-order valence-corrected chi connectivity index (χ0v) is 10.7. The van der Waals surface area contributed by atoms with Crippen molar-refractivity contribution in [2.45, 2.75) is 6.61 Å². The molecule has 0 aliphatic heterocycles. The van der Waals surface area contributed by atoms with Gasteiger partial charge in [-0.1, -0.05) is 0 Å². The molecule has 0 radical (unpaired) electrons. The molecule has 0 aliphatic carbocycles. The molecule has 0 amide bonds. The number of aromatic nitrogens is 2. The monoisotopic (exact) mass is 292 g/mol. The van der Waals surface area contributed by atoms with Crippen molar-refractivity contribution in [2.24, 2.45) is 0 Å². The molecule has 2 aromatic rings. The summed E-state index contributed by atoms with van der Waals surface area (Å²) in [5.41, 5.74) is 0.0794. The average Bonchev–Trinajstić information content (AvgIpc) is 2.45. The Bertz CT molecular complexity index is 652. The first-order chi connectivity index (χ1) is 10.1. The number of rotatable bonds is 5. The summed E-state index contributed by atoms with van der Waals surface area (Å²) in [6, 6.07) is 3.56. The normalized spacial score (nSPS) is 10.8. The van der Waals surface area contributed by atoms with Gasteiger partial charge in [-0.3, -0.25) is 0 Å². The lowest BCUT2D eigenvalue weighted by molar-refractivity contribution is -0.131. The predicted octanol–water partition coefficient (Wildman–Crippen LogP) is 2.43. The number of nitrogens with zero attached hydrogens (tertiary/aromatic N) is 2. The highest BCUT2D eigenvalue weighted by Gasteiger charge is 2.12. The van der Waals surface area contributed by atoms with E-state index < -0.39 is 23.4 Å². The topological polar surface area (TPSA) is 72.3 Å². The minimum absolute atomic E-state index is 0.0794. The van der Waals surface area contributed by atoms with Gasteiger partial charge in [0, 0.05) is 18.5 Å².